The second-order valence-electron chi connectivity index (χ2n) is 7.47. The molecule has 4 rings (SSSR count). The number of aromatic nitrogens is 2. The van der Waals surface area contributed by atoms with Gasteiger partial charge in [0, 0.05) is 56.4 Å². The molecule has 28 heavy (non-hydrogen) atoms. The summed E-state index contributed by atoms with van der Waals surface area (Å²) >= 11 is 0. The first kappa shape index (κ1) is 18.2. The number of amides is 2. The van der Waals surface area contributed by atoms with Crippen molar-refractivity contribution in [3.05, 3.63) is 66.1 Å². The molecule has 0 aliphatic carbocycles. The molecule has 1 fully saturated rings. The number of hydrogen-bond donors (Lipinski definition) is 0. The maximum atomic E-state index is 12.7. The van der Waals surface area contributed by atoms with E-state index in [1.165, 1.54) is 5.56 Å². The van der Waals surface area contributed by atoms with Crippen molar-refractivity contribution in [2.45, 2.75) is 18.9 Å². The molecule has 0 saturated carbocycles. The van der Waals surface area contributed by atoms with Crippen LogP contribution in [0.1, 0.15) is 28.4 Å². The Kier molecular flexibility index (Phi) is 4.86. The Morgan fingerprint density at radius 1 is 1.14 bits per heavy atom. The van der Waals surface area contributed by atoms with Gasteiger partial charge in [-0.1, -0.05) is 24.3 Å². The average molecular weight is 376 g/mol. The second kappa shape index (κ2) is 7.46. The third-order valence-corrected chi connectivity index (χ3v) is 5.42. The van der Waals surface area contributed by atoms with Crippen LogP contribution in [0, 0.1) is 0 Å². The highest BCUT2D eigenvalue weighted by molar-refractivity contribution is 5.92. The van der Waals surface area contributed by atoms with E-state index in [0.717, 1.165) is 23.9 Å². The summed E-state index contributed by atoms with van der Waals surface area (Å²) in [4.78, 5) is 32.6. The number of nitrogens with zero attached hydrogens (tertiary/aromatic N) is 4. The fourth-order valence-electron chi connectivity index (χ4n) is 3.87. The first-order valence-electron chi connectivity index (χ1n) is 9.53. The number of carbonyl (C=O) groups is 2. The van der Waals surface area contributed by atoms with Crippen molar-refractivity contribution in [1.82, 2.24) is 19.4 Å². The first-order valence-corrected chi connectivity index (χ1v) is 9.53. The summed E-state index contributed by atoms with van der Waals surface area (Å²) in [5, 5.41) is 1.16. The largest absolute Gasteiger partial charge is 0.347 e. The minimum atomic E-state index is -0.0189. The summed E-state index contributed by atoms with van der Waals surface area (Å²) in [6.45, 7) is 1.71. The van der Waals surface area contributed by atoms with Crippen molar-refractivity contribution in [3.8, 4) is 0 Å². The number of rotatable bonds is 4. The van der Waals surface area contributed by atoms with Gasteiger partial charge in [0.25, 0.3) is 5.91 Å². The van der Waals surface area contributed by atoms with Crippen LogP contribution >= 0.6 is 0 Å². The van der Waals surface area contributed by atoms with Crippen LogP contribution in [0.25, 0.3) is 10.9 Å². The molecule has 1 saturated heterocycles. The Bertz CT molecular complexity index is 1010. The van der Waals surface area contributed by atoms with Gasteiger partial charge in [0.15, 0.2) is 0 Å². The number of para-hydroxylation sites is 1. The molecule has 6 nitrogen and oxygen atoms in total. The van der Waals surface area contributed by atoms with Crippen LogP contribution in [0.3, 0.4) is 0 Å². The van der Waals surface area contributed by atoms with E-state index in [2.05, 4.69) is 17.2 Å². The van der Waals surface area contributed by atoms with Crippen LogP contribution in [-0.2, 0) is 11.3 Å². The van der Waals surface area contributed by atoms with Crippen molar-refractivity contribution >= 4 is 22.7 Å². The number of carbonyl (C=O) groups excluding carboxylic acids is 2. The van der Waals surface area contributed by atoms with E-state index in [4.69, 9.17) is 0 Å². The Morgan fingerprint density at radius 2 is 1.93 bits per heavy atom. The molecule has 0 spiro atoms. The van der Waals surface area contributed by atoms with E-state index in [1.54, 1.807) is 31.3 Å². The number of benzene rings is 1. The Balaban J connectivity index is 1.60. The molecule has 6 heteroatoms. The highest BCUT2D eigenvalue weighted by Crippen LogP contribution is 2.34. The molecule has 3 aromatic rings. The number of likely N-dealkylation sites (N-methyl/N-ethyl adjacent to an activating group) is 1. The smallest absolute Gasteiger partial charge is 0.272 e. The fourth-order valence-corrected chi connectivity index (χ4v) is 3.87. The van der Waals surface area contributed by atoms with Gasteiger partial charge in [-0.25, -0.2) is 0 Å². The third kappa shape index (κ3) is 3.38. The van der Waals surface area contributed by atoms with Gasteiger partial charge in [0.2, 0.25) is 5.91 Å². The normalized spacial score (nSPS) is 16.5. The van der Waals surface area contributed by atoms with Gasteiger partial charge in [-0.2, -0.15) is 0 Å². The lowest BCUT2D eigenvalue weighted by Gasteiger charge is -2.16. The molecule has 144 valence electrons. The number of hydrogen-bond acceptors (Lipinski definition) is 3. The summed E-state index contributed by atoms with van der Waals surface area (Å²) in [6.07, 6.45) is 4.65. The Morgan fingerprint density at radius 3 is 2.68 bits per heavy atom. The lowest BCUT2D eigenvalue weighted by atomic mass is 9.98. The van der Waals surface area contributed by atoms with E-state index >= 15 is 0 Å². The molecule has 1 atom stereocenters. The van der Waals surface area contributed by atoms with Gasteiger partial charge in [0.05, 0.1) is 0 Å². The van der Waals surface area contributed by atoms with Crippen molar-refractivity contribution in [3.63, 3.8) is 0 Å². The maximum absolute atomic E-state index is 12.7. The van der Waals surface area contributed by atoms with Gasteiger partial charge >= 0.3 is 0 Å². The maximum Gasteiger partial charge on any atom is 0.272 e. The molecule has 2 amide bonds. The van der Waals surface area contributed by atoms with Crippen molar-refractivity contribution in [1.29, 1.82) is 0 Å². The molecular weight excluding hydrogens is 352 g/mol. The van der Waals surface area contributed by atoms with E-state index < -0.39 is 0 Å². The molecule has 1 aromatic carbocycles. The van der Waals surface area contributed by atoms with Gasteiger partial charge in [-0.15, -0.1) is 0 Å². The van der Waals surface area contributed by atoms with Gasteiger partial charge < -0.3 is 14.4 Å². The molecule has 0 N–H and O–H groups in total. The summed E-state index contributed by atoms with van der Waals surface area (Å²) in [7, 11) is 3.54. The van der Waals surface area contributed by atoms with E-state index in [0.29, 0.717) is 18.8 Å². The van der Waals surface area contributed by atoms with Crippen LogP contribution in [-0.4, -0.2) is 58.4 Å². The Hall–Kier alpha value is -3.15. The zero-order chi connectivity index (χ0) is 19.7. The Labute approximate surface area is 164 Å². The van der Waals surface area contributed by atoms with Crippen molar-refractivity contribution in [2.24, 2.45) is 0 Å². The lowest BCUT2D eigenvalue weighted by molar-refractivity contribution is -0.129. The molecule has 1 unspecified atom stereocenters. The summed E-state index contributed by atoms with van der Waals surface area (Å²) in [5.41, 5.74) is 2.75. The minimum absolute atomic E-state index is 0.0189. The van der Waals surface area contributed by atoms with Crippen LogP contribution in [0.2, 0.25) is 0 Å². The zero-order valence-electron chi connectivity index (χ0n) is 16.2. The molecule has 1 aliphatic rings. The van der Waals surface area contributed by atoms with Gasteiger partial charge in [-0.05, 0) is 30.2 Å². The van der Waals surface area contributed by atoms with Crippen molar-refractivity contribution < 1.29 is 9.59 Å². The number of likely N-dealkylation sites (tertiary alicyclic amines) is 1. The highest BCUT2D eigenvalue weighted by atomic mass is 16.2. The minimum Gasteiger partial charge on any atom is -0.347 e. The lowest BCUT2D eigenvalue weighted by Crippen LogP contribution is -2.29. The van der Waals surface area contributed by atoms with Crippen LogP contribution in [0.4, 0.5) is 0 Å². The molecule has 2 aromatic heterocycles. The number of fused-ring (bicyclic) bond motifs is 1. The van der Waals surface area contributed by atoms with Crippen LogP contribution in [0.5, 0.6) is 0 Å². The van der Waals surface area contributed by atoms with Crippen LogP contribution in [0.15, 0.2) is 54.9 Å². The highest BCUT2D eigenvalue weighted by Gasteiger charge is 2.30. The first-order chi connectivity index (χ1) is 13.5. The molecule has 0 bridgehead atoms. The SMILES string of the molecule is CN(C)C(=O)Cn1cc(C2CCN(C(=O)c3ccccn3)C2)c2ccccc21. The zero-order valence-corrected chi connectivity index (χ0v) is 16.2. The topological polar surface area (TPSA) is 58.4 Å². The van der Waals surface area contributed by atoms with E-state index in [9.17, 15) is 9.59 Å². The molecular formula is C22H24N4O2. The van der Waals surface area contributed by atoms with Crippen LogP contribution < -0.4 is 0 Å². The second-order valence-corrected chi connectivity index (χ2v) is 7.47. The predicted octanol–water partition coefficient (Wildman–Crippen LogP) is 2.75. The summed E-state index contributed by atoms with van der Waals surface area (Å²) in [6, 6.07) is 13.6. The number of pyridine rings is 1. The third-order valence-electron chi connectivity index (χ3n) is 5.42. The molecule has 1 aliphatic heterocycles. The summed E-state index contributed by atoms with van der Waals surface area (Å²) in [5.74, 6) is 0.300. The van der Waals surface area contributed by atoms with Crippen molar-refractivity contribution in [2.75, 3.05) is 27.2 Å². The van der Waals surface area contributed by atoms with Gasteiger partial charge in [0.1, 0.15) is 12.2 Å². The molecule has 0 radical (unpaired) electrons. The van der Waals surface area contributed by atoms with Gasteiger partial charge in [-0.3, -0.25) is 14.6 Å². The molecule has 3 heterocycles. The standard InChI is InChI=1S/C22H24N4O2/c1-24(2)21(27)15-26-14-18(17-7-3-4-9-20(17)26)16-10-12-25(13-16)22(28)19-8-5-6-11-23-19/h3-9,11,14,16H,10,12-13,15H2,1-2H3. The quantitative estimate of drug-likeness (QED) is 0.704. The fraction of sp³-hybridized carbons (Fsp3) is 0.318. The van der Waals surface area contributed by atoms with E-state index in [-0.39, 0.29) is 17.7 Å². The predicted molar refractivity (Wildman–Crippen MR) is 108 cm³/mol. The average Bonchev–Trinajstić information content (AvgIpc) is 3.33. The monoisotopic (exact) mass is 376 g/mol. The summed E-state index contributed by atoms with van der Waals surface area (Å²) < 4.78 is 2.02. The van der Waals surface area contributed by atoms with E-state index in [1.807, 2.05) is 39.8 Å².